The predicted octanol–water partition coefficient (Wildman–Crippen LogP) is 4.17. The summed E-state index contributed by atoms with van der Waals surface area (Å²) in [5.74, 6) is -11.5. The van der Waals surface area contributed by atoms with Crippen LogP contribution in [0.15, 0.2) is 18.5 Å². The van der Waals surface area contributed by atoms with Crippen LogP contribution in [0, 0.1) is 22.7 Å². The van der Waals surface area contributed by atoms with Gasteiger partial charge in [-0.25, -0.2) is 0 Å². The summed E-state index contributed by atoms with van der Waals surface area (Å²) in [4.78, 5) is 4.87. The quantitative estimate of drug-likeness (QED) is 0.686. The van der Waals surface area contributed by atoms with Gasteiger partial charge in [0.1, 0.15) is 6.07 Å². The van der Waals surface area contributed by atoms with Crippen molar-refractivity contribution >= 4 is 0 Å². The van der Waals surface area contributed by atoms with Crippen molar-refractivity contribution in [1.29, 1.82) is 10.5 Å². The number of aromatic nitrogens is 1. The van der Waals surface area contributed by atoms with E-state index >= 15 is 0 Å². The largest absolute Gasteiger partial charge is 0.459 e. The Morgan fingerprint density at radius 2 is 1.62 bits per heavy atom. The van der Waals surface area contributed by atoms with Crippen LogP contribution in [0.5, 0.6) is 0 Å². The Kier molecular flexibility index (Phi) is 5.02. The van der Waals surface area contributed by atoms with Crippen LogP contribution in [-0.2, 0) is 5.41 Å². The highest BCUT2D eigenvalue weighted by Crippen LogP contribution is 2.51. The summed E-state index contributed by atoms with van der Waals surface area (Å²) >= 11 is 0. The van der Waals surface area contributed by atoms with Gasteiger partial charge in [-0.05, 0) is 37.3 Å². The third-order valence-corrected chi connectivity index (χ3v) is 5.77. The third-order valence-electron chi connectivity index (χ3n) is 5.77. The van der Waals surface area contributed by atoms with Crippen LogP contribution < -0.4 is 0 Å². The number of rotatable bonds is 4. The second-order valence-electron chi connectivity index (χ2n) is 7.51. The molecule has 0 saturated carbocycles. The lowest BCUT2D eigenvalue weighted by Crippen LogP contribution is -2.60. The summed E-state index contributed by atoms with van der Waals surface area (Å²) in [6.45, 7) is -1.74. The molecular formula is C18H15F7N4. The van der Waals surface area contributed by atoms with Crippen LogP contribution in [0.2, 0.25) is 0 Å². The molecule has 2 atom stereocenters. The Hall–Kier alpha value is -2.40. The van der Waals surface area contributed by atoms with E-state index in [9.17, 15) is 36.0 Å². The number of nitrogens with zero attached hydrogens (tertiary/aromatic N) is 4. The van der Waals surface area contributed by atoms with Crippen molar-refractivity contribution in [2.75, 3.05) is 6.54 Å². The molecule has 0 N–H and O–H groups in total. The summed E-state index contributed by atoms with van der Waals surface area (Å²) in [6, 6.07) is 3.96. The van der Waals surface area contributed by atoms with E-state index < -0.39 is 42.1 Å². The first-order valence-electron chi connectivity index (χ1n) is 8.72. The molecule has 2 saturated heterocycles. The first-order valence-corrected chi connectivity index (χ1v) is 8.72. The maximum Gasteiger partial charge on any atom is 0.459 e. The van der Waals surface area contributed by atoms with Gasteiger partial charge in [0.15, 0.2) is 0 Å². The SMILES string of the molecule is N#Cc1cncc(C2(C#N)CC3CCC(C2)N3CC(F)(F)C(F)(F)C(F)(F)F)c1. The van der Waals surface area contributed by atoms with Gasteiger partial charge in [0, 0.05) is 24.5 Å². The molecular weight excluding hydrogens is 405 g/mol. The van der Waals surface area contributed by atoms with Gasteiger partial charge in [0.25, 0.3) is 0 Å². The molecule has 2 aliphatic heterocycles. The van der Waals surface area contributed by atoms with Crippen molar-refractivity contribution in [3.05, 3.63) is 29.6 Å². The summed E-state index contributed by atoms with van der Waals surface area (Å²) < 4.78 is 91.8. The average molecular weight is 420 g/mol. The molecule has 0 amide bonds. The molecule has 1 aromatic rings. The van der Waals surface area contributed by atoms with Crippen molar-refractivity contribution in [2.24, 2.45) is 0 Å². The first kappa shape index (κ1) is 21.3. The summed E-state index contributed by atoms with van der Waals surface area (Å²) in [7, 11) is 0. The lowest BCUT2D eigenvalue weighted by atomic mass is 9.71. The van der Waals surface area contributed by atoms with Gasteiger partial charge in [-0.15, -0.1) is 0 Å². The Labute approximate surface area is 161 Å². The van der Waals surface area contributed by atoms with E-state index in [2.05, 4.69) is 11.1 Å². The summed E-state index contributed by atoms with van der Waals surface area (Å²) in [6.07, 6.45) is -3.15. The van der Waals surface area contributed by atoms with Crippen molar-refractivity contribution in [2.45, 2.75) is 61.2 Å². The molecule has 2 unspecified atom stereocenters. The minimum absolute atomic E-state index is 0.0236. The number of hydrogen-bond donors (Lipinski definition) is 0. The Morgan fingerprint density at radius 1 is 1.03 bits per heavy atom. The number of hydrogen-bond acceptors (Lipinski definition) is 4. The van der Waals surface area contributed by atoms with E-state index in [1.165, 1.54) is 18.5 Å². The molecule has 1 aromatic heterocycles. The third kappa shape index (κ3) is 3.42. The van der Waals surface area contributed by atoms with Crippen LogP contribution in [-0.4, -0.2) is 46.5 Å². The molecule has 0 aliphatic carbocycles. The molecule has 0 aromatic carbocycles. The van der Waals surface area contributed by atoms with Crippen LogP contribution in [0.4, 0.5) is 30.7 Å². The fourth-order valence-electron chi connectivity index (χ4n) is 4.29. The second-order valence-corrected chi connectivity index (χ2v) is 7.51. The highest BCUT2D eigenvalue weighted by Gasteiger charge is 2.73. The van der Waals surface area contributed by atoms with E-state index in [4.69, 9.17) is 5.26 Å². The number of nitriles is 2. The van der Waals surface area contributed by atoms with Crippen molar-refractivity contribution in [3.8, 4) is 12.1 Å². The lowest BCUT2D eigenvalue weighted by Gasteiger charge is -2.45. The number of pyridine rings is 1. The first-order chi connectivity index (χ1) is 13.4. The standard InChI is InChI=1S/C18H15F7N4/c19-16(20,17(21,22)18(23,24)25)10-29-13-1-2-14(29)5-15(4-13,9-27)12-3-11(6-26)7-28-8-12/h3,7-8,13-14H,1-2,4-5,10H2. The zero-order valence-electron chi connectivity index (χ0n) is 14.9. The molecule has 0 spiro atoms. The van der Waals surface area contributed by atoms with E-state index in [1.54, 1.807) is 0 Å². The highest BCUT2D eigenvalue weighted by atomic mass is 19.4. The highest BCUT2D eigenvalue weighted by molar-refractivity contribution is 5.39. The lowest BCUT2D eigenvalue weighted by molar-refractivity contribution is -0.357. The second kappa shape index (κ2) is 6.84. The molecule has 156 valence electrons. The smallest absolute Gasteiger partial charge is 0.291 e. The van der Waals surface area contributed by atoms with Gasteiger partial charge in [-0.3, -0.25) is 9.88 Å². The van der Waals surface area contributed by atoms with Crippen LogP contribution in [0.3, 0.4) is 0 Å². The van der Waals surface area contributed by atoms with Crippen molar-refractivity contribution < 1.29 is 30.7 Å². The Morgan fingerprint density at radius 3 is 2.10 bits per heavy atom. The number of fused-ring (bicyclic) bond motifs is 2. The Balaban J connectivity index is 1.87. The molecule has 11 heteroatoms. The fraction of sp³-hybridized carbons (Fsp3) is 0.611. The topological polar surface area (TPSA) is 63.7 Å². The maximum absolute atomic E-state index is 13.9. The van der Waals surface area contributed by atoms with E-state index in [1.807, 2.05) is 6.07 Å². The summed E-state index contributed by atoms with van der Waals surface area (Å²) in [5, 5.41) is 18.8. The molecule has 2 fully saturated rings. The van der Waals surface area contributed by atoms with Gasteiger partial charge in [-0.2, -0.15) is 41.3 Å². The fourth-order valence-corrected chi connectivity index (χ4v) is 4.29. The minimum atomic E-state index is -6.37. The monoisotopic (exact) mass is 420 g/mol. The normalized spacial score (nSPS) is 28.0. The molecule has 29 heavy (non-hydrogen) atoms. The van der Waals surface area contributed by atoms with Crippen molar-refractivity contribution in [3.63, 3.8) is 0 Å². The van der Waals surface area contributed by atoms with Gasteiger partial charge in [-0.1, -0.05) is 0 Å². The molecule has 4 nitrogen and oxygen atoms in total. The molecule has 0 radical (unpaired) electrons. The minimum Gasteiger partial charge on any atom is -0.291 e. The van der Waals surface area contributed by atoms with E-state index in [0.717, 1.165) is 4.90 Å². The number of alkyl halides is 7. The van der Waals surface area contributed by atoms with E-state index in [-0.39, 0.29) is 18.4 Å². The van der Waals surface area contributed by atoms with Gasteiger partial charge in [0.2, 0.25) is 0 Å². The Bertz CT molecular complexity index is 854. The molecule has 3 heterocycles. The predicted molar refractivity (Wildman–Crippen MR) is 84.9 cm³/mol. The molecule has 2 aliphatic rings. The van der Waals surface area contributed by atoms with E-state index in [0.29, 0.717) is 18.4 Å². The van der Waals surface area contributed by atoms with Gasteiger partial charge >= 0.3 is 18.0 Å². The molecule has 2 bridgehead atoms. The zero-order chi connectivity index (χ0) is 21.7. The summed E-state index contributed by atoms with van der Waals surface area (Å²) in [5.41, 5.74) is -0.574. The zero-order valence-corrected chi connectivity index (χ0v) is 14.9. The van der Waals surface area contributed by atoms with Gasteiger partial charge in [0.05, 0.1) is 23.6 Å². The number of piperidine rings is 1. The maximum atomic E-state index is 13.9. The van der Waals surface area contributed by atoms with Crippen LogP contribution in [0.25, 0.3) is 0 Å². The van der Waals surface area contributed by atoms with Gasteiger partial charge < -0.3 is 0 Å². The van der Waals surface area contributed by atoms with Crippen LogP contribution in [0.1, 0.15) is 36.8 Å². The average Bonchev–Trinajstić information content (AvgIpc) is 2.89. The number of halogens is 7. The molecule has 3 rings (SSSR count). The van der Waals surface area contributed by atoms with Crippen molar-refractivity contribution in [1.82, 2.24) is 9.88 Å². The van der Waals surface area contributed by atoms with Crippen LogP contribution >= 0.6 is 0 Å².